The van der Waals surface area contributed by atoms with Crippen LogP contribution in [0.15, 0.2) is 151 Å². The number of anilines is 1. The number of carbonyl (C=O) groups is 4. The molecule has 0 fully saturated rings. The van der Waals surface area contributed by atoms with Gasteiger partial charge in [-0.1, -0.05) is 92.8 Å². The minimum atomic E-state index is -0.833. The Morgan fingerprint density at radius 3 is 2.18 bits per heavy atom. The molecule has 0 bridgehead atoms. The van der Waals surface area contributed by atoms with E-state index in [0.717, 1.165) is 89.2 Å². The molecule has 1 heterocycles. The Labute approximate surface area is 481 Å². The molecule has 0 aliphatic rings. The number of ether oxygens (including phenoxy) is 7. The molecule has 0 saturated heterocycles. The predicted molar refractivity (Wildman–Crippen MR) is 319 cm³/mol. The lowest BCUT2D eigenvalue weighted by Gasteiger charge is -2.23. The van der Waals surface area contributed by atoms with Crippen LogP contribution in [0.5, 0.6) is 40.2 Å². The van der Waals surface area contributed by atoms with E-state index >= 15 is 0 Å². The third kappa shape index (κ3) is 18.6. The van der Waals surface area contributed by atoms with Crippen LogP contribution in [0.3, 0.4) is 0 Å². The van der Waals surface area contributed by atoms with Gasteiger partial charge in [0, 0.05) is 30.6 Å². The number of hydrogen-bond acceptors (Lipinski definition) is 17. The lowest BCUT2D eigenvalue weighted by Crippen LogP contribution is -2.28. The number of aryl methyl sites for hydroxylation is 1. The first-order valence-corrected chi connectivity index (χ1v) is 28.2. The van der Waals surface area contributed by atoms with Gasteiger partial charge in [0.1, 0.15) is 23.9 Å². The molecule has 82 heavy (non-hydrogen) atoms. The molecule has 17 heteroatoms. The van der Waals surface area contributed by atoms with Crippen LogP contribution >= 0.6 is 11.3 Å². The Morgan fingerprint density at radius 1 is 0.720 bits per heavy atom. The SMILES string of the molecule is C=CC(=O)OCCCOc1ccc2cc(COc3ccc(/C=C/C(=O)Oc4ccc(OC(=O)CCc5ccc(OCCCCCCOC(=O)C(=C)C)cc5)c(/C=N/N(c5nc6ccccc6s5)C(C)CCCC)c4O)cc3O)ccc2c1. The molecule has 0 radical (unpaired) electrons. The first-order chi connectivity index (χ1) is 39.8. The van der Waals surface area contributed by atoms with E-state index in [4.69, 9.17) is 43.2 Å². The monoisotopic (exact) mass is 1130 g/mol. The maximum atomic E-state index is 13.5. The second kappa shape index (κ2) is 31.1. The van der Waals surface area contributed by atoms with Crippen molar-refractivity contribution in [2.45, 2.75) is 97.6 Å². The fraction of sp³-hybridized carbons (Fsp3) is 0.292. The van der Waals surface area contributed by atoms with Crippen LogP contribution in [-0.4, -0.2) is 77.8 Å². The van der Waals surface area contributed by atoms with Crippen LogP contribution in [0.25, 0.3) is 27.1 Å². The topological polar surface area (TPSA) is 202 Å². The van der Waals surface area contributed by atoms with Gasteiger partial charge in [0.2, 0.25) is 5.13 Å². The number of esters is 4. The first-order valence-electron chi connectivity index (χ1n) is 27.4. The molecule has 428 valence electrons. The van der Waals surface area contributed by atoms with Gasteiger partial charge >= 0.3 is 23.9 Å². The van der Waals surface area contributed by atoms with Gasteiger partial charge in [0.05, 0.1) is 54.5 Å². The summed E-state index contributed by atoms with van der Waals surface area (Å²) in [6, 6.07) is 34.3. The number of para-hydroxylation sites is 1. The van der Waals surface area contributed by atoms with E-state index in [1.165, 1.54) is 41.8 Å². The van der Waals surface area contributed by atoms with Gasteiger partial charge in [-0.3, -0.25) is 4.79 Å². The Balaban J connectivity index is 0.978. The van der Waals surface area contributed by atoms with Gasteiger partial charge in [-0.2, -0.15) is 5.10 Å². The average molecular weight is 1130 g/mol. The number of rotatable bonds is 32. The fourth-order valence-electron chi connectivity index (χ4n) is 8.29. The highest BCUT2D eigenvalue weighted by atomic mass is 32.1. The molecule has 1 aromatic heterocycles. The molecule has 7 rings (SSSR count). The van der Waals surface area contributed by atoms with Crippen LogP contribution in [0, 0.1) is 0 Å². The van der Waals surface area contributed by atoms with E-state index < -0.39 is 23.7 Å². The quantitative estimate of drug-likeness (QED) is 0.0101. The van der Waals surface area contributed by atoms with Gasteiger partial charge < -0.3 is 43.4 Å². The number of benzene rings is 6. The van der Waals surface area contributed by atoms with E-state index in [1.807, 2.05) is 91.9 Å². The number of phenols is 2. The van der Waals surface area contributed by atoms with E-state index in [-0.39, 0.29) is 60.2 Å². The van der Waals surface area contributed by atoms with Crippen molar-refractivity contribution in [2.75, 3.05) is 31.4 Å². The van der Waals surface area contributed by atoms with Gasteiger partial charge in [-0.05, 0) is 153 Å². The van der Waals surface area contributed by atoms with Crippen molar-refractivity contribution in [3.8, 4) is 40.2 Å². The smallest absolute Gasteiger partial charge is 0.336 e. The summed E-state index contributed by atoms with van der Waals surface area (Å²) in [5.41, 5.74) is 3.44. The summed E-state index contributed by atoms with van der Waals surface area (Å²) in [4.78, 5) is 54.5. The molecule has 6 aromatic carbocycles. The van der Waals surface area contributed by atoms with Crippen molar-refractivity contribution >= 4 is 73.6 Å². The van der Waals surface area contributed by atoms with E-state index in [0.29, 0.717) is 60.4 Å². The minimum absolute atomic E-state index is 0.00103. The first kappa shape index (κ1) is 60.7. The number of thiazole rings is 1. The lowest BCUT2D eigenvalue weighted by atomic mass is 10.1. The van der Waals surface area contributed by atoms with Gasteiger partial charge in [-0.15, -0.1) is 0 Å². The number of nitrogens with zero attached hydrogens (tertiary/aromatic N) is 3. The zero-order valence-electron chi connectivity index (χ0n) is 46.5. The largest absolute Gasteiger partial charge is 0.504 e. The number of hydrogen-bond donors (Lipinski definition) is 2. The standard InChI is InChI=1S/C65H69N3O13S/c1-6-8-16-45(5)68(65-67-54-17-11-12-18-59(54)82-65)66-42-53-56(80-61(71)33-23-46-20-27-51(28-21-46)75-35-13-9-10-14-36-78-64(74)44(3)4)31-32-58(63(53)73)81-62(72)34-24-47-22-30-57(55(69)40-47)79-43-48-19-25-50-41-52(29-26-49(50)39-48)76-37-15-38-77-60(70)7-2/h7,11-12,17-22,24-32,34,39-42,45,69,73H,2-3,6,8-10,13-16,23,33,35-38,43H2,1,4-5H3/b34-24+,66-42+. The van der Waals surface area contributed by atoms with Crippen molar-refractivity contribution in [2.24, 2.45) is 5.10 Å². The molecular weight excluding hydrogens is 1060 g/mol. The number of phenolic OH excluding ortho intramolecular Hbond substituents is 2. The highest BCUT2D eigenvalue weighted by Gasteiger charge is 2.22. The van der Waals surface area contributed by atoms with Crippen LogP contribution < -0.4 is 28.7 Å². The van der Waals surface area contributed by atoms with E-state index in [1.54, 1.807) is 24.1 Å². The van der Waals surface area contributed by atoms with E-state index in [9.17, 15) is 29.4 Å². The molecule has 0 aliphatic carbocycles. The van der Waals surface area contributed by atoms with Gasteiger partial charge in [0.15, 0.2) is 23.0 Å². The summed E-state index contributed by atoms with van der Waals surface area (Å²) in [6.45, 7) is 14.5. The molecule has 1 atom stereocenters. The number of hydrazone groups is 1. The molecule has 7 aromatic rings. The maximum absolute atomic E-state index is 13.5. The van der Waals surface area contributed by atoms with Crippen molar-refractivity contribution in [3.63, 3.8) is 0 Å². The Hall–Kier alpha value is -8.96. The highest BCUT2D eigenvalue weighted by molar-refractivity contribution is 7.22. The van der Waals surface area contributed by atoms with Crippen molar-refractivity contribution < 1.29 is 62.5 Å². The van der Waals surface area contributed by atoms with Gasteiger partial charge in [-0.25, -0.2) is 24.4 Å². The van der Waals surface area contributed by atoms with E-state index in [2.05, 4.69) is 20.1 Å². The maximum Gasteiger partial charge on any atom is 0.336 e. The molecule has 0 saturated carbocycles. The summed E-state index contributed by atoms with van der Waals surface area (Å²) < 4.78 is 40.4. The molecule has 16 nitrogen and oxygen atoms in total. The Morgan fingerprint density at radius 2 is 1.41 bits per heavy atom. The third-order valence-corrected chi connectivity index (χ3v) is 13.8. The zero-order chi connectivity index (χ0) is 58.2. The van der Waals surface area contributed by atoms with Crippen molar-refractivity contribution in [3.05, 3.63) is 168 Å². The minimum Gasteiger partial charge on any atom is -0.504 e. The highest BCUT2D eigenvalue weighted by Crippen LogP contribution is 2.38. The summed E-state index contributed by atoms with van der Waals surface area (Å²) >= 11 is 1.48. The second-order valence-corrected chi connectivity index (χ2v) is 20.4. The molecule has 2 N–H and O–H groups in total. The number of fused-ring (bicyclic) bond motifs is 2. The van der Waals surface area contributed by atoms with Gasteiger partial charge in [0.25, 0.3) is 0 Å². The second-order valence-electron chi connectivity index (χ2n) is 19.4. The Kier molecular flexibility index (Phi) is 23.0. The normalized spacial score (nSPS) is 11.6. The summed E-state index contributed by atoms with van der Waals surface area (Å²) in [5.74, 6) is -1.44. The van der Waals surface area contributed by atoms with Crippen molar-refractivity contribution in [1.29, 1.82) is 0 Å². The third-order valence-electron chi connectivity index (χ3n) is 12.8. The lowest BCUT2D eigenvalue weighted by molar-refractivity contribution is -0.139. The van der Waals surface area contributed by atoms with Crippen molar-refractivity contribution in [1.82, 2.24) is 4.98 Å². The molecule has 1 unspecified atom stereocenters. The molecular formula is C65H69N3O13S. The molecule has 0 spiro atoms. The number of aromatic nitrogens is 1. The summed E-state index contributed by atoms with van der Waals surface area (Å²) in [5, 5.41) is 31.9. The number of carbonyl (C=O) groups excluding carboxylic acids is 4. The average Bonchev–Trinajstić information content (AvgIpc) is 3.91. The Bertz CT molecular complexity index is 3350. The number of unbranched alkanes of at least 4 members (excludes halogenated alkanes) is 4. The predicted octanol–water partition coefficient (Wildman–Crippen LogP) is 13.6. The van der Waals surface area contributed by atoms with Crippen LogP contribution in [0.1, 0.15) is 101 Å². The summed E-state index contributed by atoms with van der Waals surface area (Å²) in [6.07, 6.45) is 12.2. The number of aromatic hydroxyl groups is 2. The molecule has 0 aliphatic heterocycles. The van der Waals surface area contributed by atoms with Crippen LogP contribution in [0.2, 0.25) is 0 Å². The van der Waals surface area contributed by atoms with Crippen LogP contribution in [0.4, 0.5) is 5.13 Å². The summed E-state index contributed by atoms with van der Waals surface area (Å²) in [7, 11) is 0. The molecule has 0 amide bonds. The van der Waals surface area contributed by atoms with Crippen LogP contribution in [-0.2, 0) is 41.7 Å². The fourth-order valence-corrected chi connectivity index (χ4v) is 9.31. The zero-order valence-corrected chi connectivity index (χ0v) is 47.3.